The van der Waals surface area contributed by atoms with Crippen molar-refractivity contribution >= 4 is 35.8 Å². The molecule has 9 heteroatoms. The lowest BCUT2D eigenvalue weighted by Crippen LogP contribution is -2.46. The molecule has 1 saturated heterocycles. The van der Waals surface area contributed by atoms with Gasteiger partial charge in [0, 0.05) is 23.1 Å². The SMILES string of the molecule is CC(C)(C)OC(=O)N[C@@H](C[C@@H]1CCNC1=O)C(=O)COP(=O)(c1ccccc1)c1ccccc1. The largest absolute Gasteiger partial charge is 0.444 e. The number of nitrogens with one attached hydrogen (secondary N) is 2. The first-order chi connectivity index (χ1) is 16.1. The summed E-state index contributed by atoms with van der Waals surface area (Å²) in [7, 11) is -3.58. The molecule has 1 heterocycles. The van der Waals surface area contributed by atoms with Gasteiger partial charge in [0.2, 0.25) is 5.91 Å². The summed E-state index contributed by atoms with van der Waals surface area (Å²) in [5.41, 5.74) is -0.755. The van der Waals surface area contributed by atoms with Gasteiger partial charge in [0.05, 0.1) is 6.04 Å². The van der Waals surface area contributed by atoms with Gasteiger partial charge in [-0.1, -0.05) is 36.4 Å². The van der Waals surface area contributed by atoms with Gasteiger partial charge in [-0.15, -0.1) is 0 Å². The van der Waals surface area contributed by atoms with Gasteiger partial charge in [-0.3, -0.25) is 14.2 Å². The highest BCUT2D eigenvalue weighted by molar-refractivity contribution is 7.74. The van der Waals surface area contributed by atoms with Gasteiger partial charge in [-0.05, 0) is 57.9 Å². The summed E-state index contributed by atoms with van der Waals surface area (Å²) in [6.45, 7) is 5.16. The first kappa shape index (κ1) is 25.7. The van der Waals surface area contributed by atoms with Gasteiger partial charge < -0.3 is 19.9 Å². The van der Waals surface area contributed by atoms with E-state index in [1.165, 1.54) is 0 Å². The number of ketones is 1. The lowest BCUT2D eigenvalue weighted by molar-refractivity contribution is -0.125. The number of alkyl carbamates (subject to hydrolysis) is 1. The van der Waals surface area contributed by atoms with Crippen LogP contribution in [-0.2, 0) is 23.4 Å². The summed E-state index contributed by atoms with van der Waals surface area (Å²) in [4.78, 5) is 37.7. The van der Waals surface area contributed by atoms with Gasteiger partial charge in [0.15, 0.2) is 5.78 Å². The number of hydrogen-bond donors (Lipinski definition) is 2. The van der Waals surface area contributed by atoms with Crippen LogP contribution < -0.4 is 21.2 Å². The highest BCUT2D eigenvalue weighted by Gasteiger charge is 2.35. The first-order valence-corrected chi connectivity index (χ1v) is 12.9. The Balaban J connectivity index is 1.80. The number of Topliss-reactive ketones (excluding diaryl/α,β-unsaturated/α-hetero) is 1. The minimum atomic E-state index is -3.58. The highest BCUT2D eigenvalue weighted by Crippen LogP contribution is 2.44. The standard InChI is InChI=1S/C25H31N2O6P/c1-25(2,3)33-24(30)27-21(16-18-14-15-26-23(18)29)22(28)17-32-34(31,19-10-6-4-7-11-19)20-12-8-5-9-13-20/h4-13,18,21H,14-17H2,1-3H3,(H,26,29)(H,27,30)/t18-,21-/m0/s1. The third-order valence-corrected chi connectivity index (χ3v) is 7.79. The van der Waals surface area contributed by atoms with Crippen molar-refractivity contribution in [3.05, 3.63) is 60.7 Å². The van der Waals surface area contributed by atoms with Crippen molar-refractivity contribution in [3.8, 4) is 0 Å². The van der Waals surface area contributed by atoms with Crippen LogP contribution in [0.1, 0.15) is 33.6 Å². The minimum Gasteiger partial charge on any atom is -0.444 e. The average Bonchev–Trinajstić information content (AvgIpc) is 3.21. The fourth-order valence-corrected chi connectivity index (χ4v) is 5.71. The molecule has 0 saturated carbocycles. The second kappa shape index (κ2) is 11.0. The number of carbonyl (C=O) groups is 3. The molecule has 2 aromatic rings. The van der Waals surface area contributed by atoms with Crippen molar-refractivity contribution < 1.29 is 28.2 Å². The van der Waals surface area contributed by atoms with Crippen LogP contribution in [0.15, 0.2) is 60.7 Å². The Kier molecular flexibility index (Phi) is 8.28. The van der Waals surface area contributed by atoms with E-state index in [-0.39, 0.29) is 12.3 Å². The summed E-state index contributed by atoms with van der Waals surface area (Å²) < 4.78 is 25.1. The third kappa shape index (κ3) is 6.78. The Hall–Kier alpha value is -2.96. The van der Waals surface area contributed by atoms with Crippen LogP contribution in [0.5, 0.6) is 0 Å². The number of benzene rings is 2. The Morgan fingerprint density at radius 2 is 1.62 bits per heavy atom. The van der Waals surface area contributed by atoms with Crippen molar-refractivity contribution in [2.75, 3.05) is 13.2 Å². The zero-order chi connectivity index (χ0) is 24.8. The van der Waals surface area contributed by atoms with Crippen molar-refractivity contribution in [1.82, 2.24) is 10.6 Å². The molecule has 3 rings (SSSR count). The van der Waals surface area contributed by atoms with Crippen molar-refractivity contribution in [3.63, 3.8) is 0 Å². The smallest absolute Gasteiger partial charge is 0.408 e. The van der Waals surface area contributed by atoms with E-state index in [0.29, 0.717) is 23.6 Å². The predicted molar refractivity (Wildman–Crippen MR) is 130 cm³/mol. The monoisotopic (exact) mass is 486 g/mol. The molecule has 2 atom stereocenters. The average molecular weight is 487 g/mol. The number of rotatable bonds is 9. The van der Waals surface area contributed by atoms with Gasteiger partial charge in [0.1, 0.15) is 12.2 Å². The zero-order valence-electron chi connectivity index (χ0n) is 19.7. The van der Waals surface area contributed by atoms with E-state index in [9.17, 15) is 18.9 Å². The molecule has 0 aliphatic carbocycles. The summed E-state index contributed by atoms with van der Waals surface area (Å²) in [6, 6.07) is 16.4. The molecule has 1 fully saturated rings. The van der Waals surface area contributed by atoms with E-state index >= 15 is 0 Å². The van der Waals surface area contributed by atoms with E-state index in [2.05, 4.69) is 10.6 Å². The fourth-order valence-electron chi connectivity index (χ4n) is 3.68. The maximum atomic E-state index is 14.0. The molecule has 1 aliphatic heterocycles. The summed E-state index contributed by atoms with van der Waals surface area (Å²) in [6.07, 6.45) is -0.0983. The molecule has 2 amide bonds. The number of hydrogen-bond acceptors (Lipinski definition) is 6. The van der Waals surface area contributed by atoms with Gasteiger partial charge in [0.25, 0.3) is 7.37 Å². The molecule has 8 nitrogen and oxygen atoms in total. The first-order valence-electron chi connectivity index (χ1n) is 11.2. The summed E-state index contributed by atoms with van der Waals surface area (Å²) >= 11 is 0. The quantitative estimate of drug-likeness (QED) is 0.528. The lowest BCUT2D eigenvalue weighted by atomic mass is 9.96. The normalized spacial score (nSPS) is 17.0. The van der Waals surface area contributed by atoms with Crippen molar-refractivity contribution in [2.24, 2.45) is 5.92 Å². The second-order valence-electron chi connectivity index (χ2n) is 9.17. The molecular formula is C25H31N2O6P. The van der Waals surface area contributed by atoms with Gasteiger partial charge >= 0.3 is 6.09 Å². The molecule has 0 unspecified atom stereocenters. The maximum Gasteiger partial charge on any atom is 0.408 e. The van der Waals surface area contributed by atoms with Crippen LogP contribution in [-0.4, -0.2) is 42.6 Å². The maximum absolute atomic E-state index is 14.0. The lowest BCUT2D eigenvalue weighted by Gasteiger charge is -2.25. The number of carbonyl (C=O) groups excluding carboxylic acids is 3. The van der Waals surface area contributed by atoms with E-state index in [1.54, 1.807) is 81.4 Å². The molecule has 2 N–H and O–H groups in total. The van der Waals surface area contributed by atoms with Crippen LogP contribution >= 0.6 is 7.37 Å². The molecule has 2 aromatic carbocycles. The van der Waals surface area contributed by atoms with Crippen molar-refractivity contribution in [1.29, 1.82) is 0 Å². The van der Waals surface area contributed by atoms with Crippen molar-refractivity contribution in [2.45, 2.75) is 45.3 Å². The van der Waals surface area contributed by atoms with Crippen LogP contribution in [0.2, 0.25) is 0 Å². The number of amides is 2. The number of ether oxygens (including phenoxy) is 1. The molecule has 182 valence electrons. The Morgan fingerprint density at radius 3 is 2.09 bits per heavy atom. The van der Waals surface area contributed by atoms with Gasteiger partial charge in [-0.25, -0.2) is 4.79 Å². The molecule has 0 radical (unpaired) electrons. The third-order valence-electron chi connectivity index (χ3n) is 5.34. The van der Waals surface area contributed by atoms with Crippen LogP contribution in [0.4, 0.5) is 4.79 Å². The highest BCUT2D eigenvalue weighted by atomic mass is 31.2. The van der Waals surface area contributed by atoms with E-state index in [1.807, 2.05) is 0 Å². The Bertz CT molecular complexity index is 1010. The molecule has 0 spiro atoms. The Morgan fingerprint density at radius 1 is 1.06 bits per heavy atom. The molecule has 34 heavy (non-hydrogen) atoms. The fraction of sp³-hybridized carbons (Fsp3) is 0.400. The van der Waals surface area contributed by atoms with Crippen LogP contribution in [0.3, 0.4) is 0 Å². The second-order valence-corrected chi connectivity index (χ2v) is 11.6. The van der Waals surface area contributed by atoms with E-state index in [4.69, 9.17) is 9.26 Å². The van der Waals surface area contributed by atoms with Crippen LogP contribution in [0.25, 0.3) is 0 Å². The minimum absolute atomic E-state index is 0.105. The zero-order valence-corrected chi connectivity index (χ0v) is 20.5. The topological polar surface area (TPSA) is 111 Å². The van der Waals surface area contributed by atoms with E-state index in [0.717, 1.165) is 0 Å². The Labute approximate surface area is 199 Å². The molecule has 1 aliphatic rings. The predicted octanol–water partition coefficient (Wildman–Crippen LogP) is 2.92. The molecule has 0 bridgehead atoms. The van der Waals surface area contributed by atoms with Gasteiger partial charge in [-0.2, -0.15) is 0 Å². The van der Waals surface area contributed by atoms with Crippen LogP contribution in [0, 0.1) is 5.92 Å². The van der Waals surface area contributed by atoms with E-state index < -0.39 is 43.4 Å². The molecule has 0 aromatic heterocycles. The summed E-state index contributed by atoms with van der Waals surface area (Å²) in [5, 5.41) is 6.23. The summed E-state index contributed by atoms with van der Waals surface area (Å²) in [5.74, 6) is -1.07. The molecular weight excluding hydrogens is 455 g/mol.